The van der Waals surface area contributed by atoms with Gasteiger partial charge in [0, 0.05) is 16.8 Å². The van der Waals surface area contributed by atoms with Gasteiger partial charge < -0.3 is 5.32 Å². The molecule has 1 amide bonds. The van der Waals surface area contributed by atoms with Gasteiger partial charge in [-0.05, 0) is 37.3 Å². The molecule has 2 heterocycles. The minimum atomic E-state index is -5.68. The fourth-order valence-electron chi connectivity index (χ4n) is 2.54. The number of amides is 1. The number of carbonyl (C=O) groups excluding carboxylic acids is 1. The van der Waals surface area contributed by atoms with Crippen LogP contribution in [0.2, 0.25) is 10.0 Å². The first-order valence-corrected chi connectivity index (χ1v) is 10.6. The number of pyridine rings is 1. The van der Waals surface area contributed by atoms with Crippen LogP contribution in [0.1, 0.15) is 29.1 Å². The van der Waals surface area contributed by atoms with Gasteiger partial charge in [-0.25, -0.2) is 18.4 Å². The van der Waals surface area contributed by atoms with E-state index < -0.39 is 32.2 Å². The highest BCUT2D eigenvalue weighted by Gasteiger charge is 2.47. The number of hydrogen-bond donors (Lipinski definition) is 1. The normalized spacial score (nSPS) is 13.1. The van der Waals surface area contributed by atoms with Crippen LogP contribution >= 0.6 is 23.2 Å². The lowest BCUT2D eigenvalue weighted by Gasteiger charge is -2.15. The second kappa shape index (κ2) is 8.44. The molecule has 0 fully saturated rings. The smallest absolute Gasteiger partial charge is 0.342 e. The number of hydrogen-bond acceptors (Lipinski definition) is 6. The van der Waals surface area contributed by atoms with Gasteiger partial charge in [-0.15, -0.1) is 0 Å². The molecule has 0 spiro atoms. The summed E-state index contributed by atoms with van der Waals surface area (Å²) in [6.45, 7) is 1.55. The van der Waals surface area contributed by atoms with Crippen molar-refractivity contribution in [3.05, 3.63) is 64.3 Å². The van der Waals surface area contributed by atoms with Crippen LogP contribution in [0, 0.1) is 0 Å². The Hall–Kier alpha value is -2.70. The van der Waals surface area contributed by atoms with Gasteiger partial charge in [0.2, 0.25) is 0 Å². The van der Waals surface area contributed by atoms with Crippen molar-refractivity contribution < 1.29 is 26.4 Å². The average molecular weight is 494 g/mol. The molecule has 1 N–H and O–H groups in total. The molecular formula is C17H12Cl2F3N5O3S. The molecule has 0 saturated carbocycles. The summed E-state index contributed by atoms with van der Waals surface area (Å²) in [7, 11) is -5.68. The van der Waals surface area contributed by atoms with Gasteiger partial charge in [-0.3, -0.25) is 4.79 Å². The molecule has 2 aromatic heterocycles. The molecule has 8 nitrogen and oxygen atoms in total. The van der Waals surface area contributed by atoms with Crippen molar-refractivity contribution in [1.29, 1.82) is 0 Å². The molecule has 14 heteroatoms. The van der Waals surface area contributed by atoms with Crippen molar-refractivity contribution in [1.82, 2.24) is 25.1 Å². The van der Waals surface area contributed by atoms with E-state index in [0.29, 0.717) is 23.0 Å². The third-order valence-corrected chi connectivity index (χ3v) is 5.89. The molecule has 0 aliphatic heterocycles. The van der Waals surface area contributed by atoms with Crippen molar-refractivity contribution in [3.8, 4) is 5.82 Å². The first kappa shape index (κ1) is 23.0. The Morgan fingerprint density at radius 2 is 1.84 bits per heavy atom. The summed E-state index contributed by atoms with van der Waals surface area (Å²) in [5.41, 5.74) is -5.92. The highest BCUT2D eigenvalue weighted by molar-refractivity contribution is 7.92. The van der Waals surface area contributed by atoms with Crippen LogP contribution in [-0.4, -0.2) is 39.6 Å². The summed E-state index contributed by atoms with van der Waals surface area (Å²) in [6, 6.07) is 4.63. The van der Waals surface area contributed by atoms with E-state index in [4.69, 9.17) is 23.2 Å². The van der Waals surface area contributed by atoms with Gasteiger partial charge in [-0.2, -0.15) is 23.0 Å². The van der Waals surface area contributed by atoms with E-state index in [2.05, 4.69) is 20.4 Å². The van der Waals surface area contributed by atoms with Gasteiger partial charge in [0.1, 0.15) is 6.33 Å². The predicted octanol–water partition coefficient (Wildman–Crippen LogP) is 3.75. The van der Waals surface area contributed by atoms with Crippen molar-refractivity contribution in [2.24, 2.45) is 0 Å². The van der Waals surface area contributed by atoms with Gasteiger partial charge in [0.25, 0.3) is 15.7 Å². The number of nitrogens with one attached hydrogen (secondary N) is 1. The van der Waals surface area contributed by atoms with Gasteiger partial charge in [0.15, 0.2) is 11.6 Å². The largest absolute Gasteiger partial charge is 0.501 e. The average Bonchev–Trinajstić information content (AvgIpc) is 3.17. The monoisotopic (exact) mass is 493 g/mol. The molecule has 0 aliphatic rings. The number of rotatable bonds is 5. The Balaban J connectivity index is 1.88. The molecule has 0 aliphatic carbocycles. The van der Waals surface area contributed by atoms with Crippen LogP contribution in [0.25, 0.3) is 5.82 Å². The Labute approximate surface area is 183 Å². The van der Waals surface area contributed by atoms with Gasteiger partial charge >= 0.3 is 5.51 Å². The number of sulfone groups is 1. The second-order valence-corrected chi connectivity index (χ2v) is 9.00. The summed E-state index contributed by atoms with van der Waals surface area (Å²) >= 11 is 11.6. The zero-order valence-corrected chi connectivity index (χ0v) is 17.8. The van der Waals surface area contributed by atoms with Crippen LogP contribution in [0.3, 0.4) is 0 Å². The number of benzene rings is 1. The highest BCUT2D eigenvalue weighted by atomic mass is 35.5. The molecule has 164 valence electrons. The summed E-state index contributed by atoms with van der Waals surface area (Å²) in [4.78, 5) is 19.6. The Kier molecular flexibility index (Phi) is 6.25. The standard InChI is InChI=1S/C17H12Cl2F3N5O3S/c1-9(15-24-8-25-27(15)14-3-2-11(18)7-23-14)26-16(28)10-4-12(19)6-13(5-10)31(29,30)17(20,21)22/h2-9H,1H3,(H,26,28)/t9-/m1/s1. The lowest BCUT2D eigenvalue weighted by molar-refractivity contribution is -0.0436. The minimum absolute atomic E-state index is 0.258. The topological polar surface area (TPSA) is 107 Å². The summed E-state index contributed by atoms with van der Waals surface area (Å²) in [6.07, 6.45) is 2.61. The first-order chi connectivity index (χ1) is 14.4. The van der Waals surface area contributed by atoms with Crippen LogP contribution in [0.15, 0.2) is 47.8 Å². The lowest BCUT2D eigenvalue weighted by Crippen LogP contribution is -2.29. The van der Waals surface area contributed by atoms with Crippen LogP contribution in [0.4, 0.5) is 13.2 Å². The Morgan fingerprint density at radius 1 is 1.13 bits per heavy atom. The van der Waals surface area contributed by atoms with Crippen molar-refractivity contribution in [2.75, 3.05) is 0 Å². The molecule has 3 rings (SSSR count). The third kappa shape index (κ3) is 4.81. The van der Waals surface area contributed by atoms with Crippen LogP contribution < -0.4 is 5.32 Å². The fraction of sp³-hybridized carbons (Fsp3) is 0.176. The summed E-state index contributed by atoms with van der Waals surface area (Å²) in [5.74, 6) is -0.250. The molecule has 0 radical (unpaired) electrons. The lowest BCUT2D eigenvalue weighted by atomic mass is 10.2. The van der Waals surface area contributed by atoms with E-state index in [-0.39, 0.29) is 16.4 Å². The van der Waals surface area contributed by atoms with E-state index in [9.17, 15) is 26.4 Å². The minimum Gasteiger partial charge on any atom is -0.342 e. The SMILES string of the molecule is C[C@@H](NC(=O)c1cc(Cl)cc(S(=O)(=O)C(F)(F)F)c1)c1ncnn1-c1ccc(Cl)cn1. The maximum absolute atomic E-state index is 12.8. The van der Waals surface area contributed by atoms with E-state index in [1.165, 1.54) is 17.2 Å². The van der Waals surface area contributed by atoms with E-state index >= 15 is 0 Å². The van der Waals surface area contributed by atoms with Gasteiger partial charge in [0.05, 0.1) is 16.0 Å². The van der Waals surface area contributed by atoms with Crippen molar-refractivity contribution in [2.45, 2.75) is 23.4 Å². The quantitative estimate of drug-likeness (QED) is 0.579. The van der Waals surface area contributed by atoms with Crippen LogP contribution in [-0.2, 0) is 9.84 Å². The molecule has 1 aromatic carbocycles. The Morgan fingerprint density at radius 3 is 2.45 bits per heavy atom. The van der Waals surface area contributed by atoms with E-state index in [1.807, 2.05) is 0 Å². The van der Waals surface area contributed by atoms with E-state index in [0.717, 1.165) is 6.07 Å². The van der Waals surface area contributed by atoms with Crippen LogP contribution in [0.5, 0.6) is 0 Å². The molecule has 0 unspecified atom stereocenters. The zero-order chi connectivity index (χ0) is 23.0. The number of nitrogens with zero attached hydrogens (tertiary/aromatic N) is 4. The number of aromatic nitrogens is 4. The molecule has 0 bridgehead atoms. The van der Waals surface area contributed by atoms with E-state index in [1.54, 1.807) is 19.1 Å². The number of halogens is 5. The molecular weight excluding hydrogens is 482 g/mol. The third-order valence-electron chi connectivity index (χ3n) is 3.99. The fourth-order valence-corrected chi connectivity index (χ4v) is 3.79. The zero-order valence-electron chi connectivity index (χ0n) is 15.4. The van der Waals surface area contributed by atoms with Crippen molar-refractivity contribution >= 4 is 38.9 Å². The predicted molar refractivity (Wildman–Crippen MR) is 105 cm³/mol. The van der Waals surface area contributed by atoms with Gasteiger partial charge in [-0.1, -0.05) is 23.2 Å². The maximum Gasteiger partial charge on any atom is 0.501 e. The summed E-state index contributed by atoms with van der Waals surface area (Å²) < 4.78 is 63.2. The summed E-state index contributed by atoms with van der Waals surface area (Å²) in [5, 5.41) is 6.59. The molecule has 0 saturated heterocycles. The first-order valence-electron chi connectivity index (χ1n) is 8.35. The number of carbonyl (C=O) groups is 1. The number of alkyl halides is 3. The molecule has 31 heavy (non-hydrogen) atoms. The van der Waals surface area contributed by atoms with Crippen molar-refractivity contribution in [3.63, 3.8) is 0 Å². The Bertz CT molecular complexity index is 1230. The second-order valence-electron chi connectivity index (χ2n) is 6.18. The maximum atomic E-state index is 12.8. The highest BCUT2D eigenvalue weighted by Crippen LogP contribution is 2.32. The molecule has 1 atom stereocenters. The molecule has 3 aromatic rings.